The quantitative estimate of drug-likeness (QED) is 0.571. The van der Waals surface area contributed by atoms with Crippen LogP contribution in [0.2, 0.25) is 0 Å². The molecule has 2 aliphatic carbocycles. The number of nitrogens with zero attached hydrogens (tertiary/aromatic N) is 2. The van der Waals surface area contributed by atoms with Crippen LogP contribution in [-0.4, -0.2) is 54.3 Å². The third kappa shape index (κ3) is 2.79. The van der Waals surface area contributed by atoms with Gasteiger partial charge in [-0.3, -0.25) is 19.3 Å². The first-order chi connectivity index (χ1) is 12.6. The maximum absolute atomic E-state index is 12.6. The van der Waals surface area contributed by atoms with Crippen LogP contribution in [0.3, 0.4) is 0 Å². The average Bonchev–Trinajstić information content (AvgIpc) is 3.32. The first kappa shape index (κ1) is 16.8. The average molecular weight is 354 g/mol. The van der Waals surface area contributed by atoms with Crippen LogP contribution in [0.4, 0.5) is 0 Å². The van der Waals surface area contributed by atoms with Gasteiger partial charge in [-0.2, -0.15) is 0 Å². The summed E-state index contributed by atoms with van der Waals surface area (Å²) in [5, 5.41) is 0. The lowest BCUT2D eigenvalue weighted by Gasteiger charge is -2.22. The number of amides is 3. The second kappa shape index (κ2) is 6.59. The van der Waals surface area contributed by atoms with Crippen molar-refractivity contribution in [3.05, 3.63) is 42.5 Å². The SMILES string of the molecule is CN(CCOc1ccccc1)C(=O)CN1C(=O)C2C3C=CC(C3)C2C1=O. The van der Waals surface area contributed by atoms with Crippen molar-refractivity contribution in [3.63, 3.8) is 0 Å². The van der Waals surface area contributed by atoms with Gasteiger partial charge in [0.05, 0.1) is 18.4 Å². The second-order valence-electron chi connectivity index (χ2n) is 7.24. The molecule has 4 rings (SSSR count). The number of carbonyl (C=O) groups excluding carboxylic acids is 3. The van der Waals surface area contributed by atoms with Crippen molar-refractivity contribution in [2.45, 2.75) is 6.42 Å². The van der Waals surface area contributed by atoms with Crippen LogP contribution in [0.15, 0.2) is 42.5 Å². The number of fused-ring (bicyclic) bond motifs is 5. The number of rotatable bonds is 6. The Morgan fingerprint density at radius 1 is 1.12 bits per heavy atom. The van der Waals surface area contributed by atoms with Crippen LogP contribution in [0, 0.1) is 23.7 Å². The van der Waals surface area contributed by atoms with Crippen molar-refractivity contribution < 1.29 is 19.1 Å². The van der Waals surface area contributed by atoms with E-state index < -0.39 is 0 Å². The molecule has 0 radical (unpaired) electrons. The van der Waals surface area contributed by atoms with Crippen molar-refractivity contribution in [2.24, 2.45) is 23.7 Å². The van der Waals surface area contributed by atoms with Crippen LogP contribution >= 0.6 is 0 Å². The normalized spacial score (nSPS) is 28.6. The Hall–Kier alpha value is -2.63. The summed E-state index contributed by atoms with van der Waals surface area (Å²) in [5.41, 5.74) is 0. The summed E-state index contributed by atoms with van der Waals surface area (Å²) in [6.07, 6.45) is 5.00. The maximum atomic E-state index is 12.6. The number of hydrogen-bond acceptors (Lipinski definition) is 4. The van der Waals surface area contributed by atoms with Crippen molar-refractivity contribution in [1.29, 1.82) is 0 Å². The maximum Gasteiger partial charge on any atom is 0.242 e. The summed E-state index contributed by atoms with van der Waals surface area (Å²) >= 11 is 0. The summed E-state index contributed by atoms with van der Waals surface area (Å²) in [6, 6.07) is 9.37. The van der Waals surface area contributed by atoms with Crippen LogP contribution in [-0.2, 0) is 14.4 Å². The number of carbonyl (C=O) groups is 3. The molecule has 0 aromatic heterocycles. The van der Waals surface area contributed by atoms with Crippen molar-refractivity contribution in [3.8, 4) is 5.75 Å². The Morgan fingerprint density at radius 2 is 1.73 bits per heavy atom. The van der Waals surface area contributed by atoms with Crippen LogP contribution in [0.25, 0.3) is 0 Å². The highest BCUT2D eigenvalue weighted by atomic mass is 16.5. The number of benzene rings is 1. The third-order valence-electron chi connectivity index (χ3n) is 5.72. The molecular weight excluding hydrogens is 332 g/mol. The fraction of sp³-hybridized carbons (Fsp3) is 0.450. The number of para-hydroxylation sites is 1. The van der Waals surface area contributed by atoms with E-state index in [0.29, 0.717) is 13.2 Å². The molecule has 0 spiro atoms. The highest BCUT2D eigenvalue weighted by molar-refractivity contribution is 6.08. The van der Waals surface area contributed by atoms with Crippen molar-refractivity contribution in [1.82, 2.24) is 9.80 Å². The van der Waals surface area contributed by atoms with Gasteiger partial charge in [0.15, 0.2) is 0 Å². The Labute approximate surface area is 152 Å². The van der Waals surface area contributed by atoms with Crippen LogP contribution in [0.5, 0.6) is 5.75 Å². The molecule has 3 aliphatic rings. The molecule has 6 nitrogen and oxygen atoms in total. The van der Waals surface area contributed by atoms with Gasteiger partial charge in [0, 0.05) is 7.05 Å². The third-order valence-corrected chi connectivity index (χ3v) is 5.72. The van der Waals surface area contributed by atoms with E-state index in [9.17, 15) is 14.4 Å². The Balaban J connectivity index is 1.30. The molecular formula is C20H22N2O4. The van der Waals surface area contributed by atoms with Gasteiger partial charge >= 0.3 is 0 Å². The summed E-state index contributed by atoms with van der Waals surface area (Å²) in [5.74, 6) is -0.0397. The largest absolute Gasteiger partial charge is 0.492 e. The van der Waals surface area contributed by atoms with E-state index in [0.717, 1.165) is 12.2 Å². The molecule has 1 aliphatic heterocycles. The van der Waals surface area contributed by atoms with Crippen LogP contribution < -0.4 is 4.74 Å². The molecule has 136 valence electrons. The minimum absolute atomic E-state index is 0.165. The van der Waals surface area contributed by atoms with E-state index in [2.05, 4.69) is 12.2 Å². The summed E-state index contributed by atoms with van der Waals surface area (Å²) in [6.45, 7) is 0.572. The molecule has 1 saturated heterocycles. The molecule has 4 atom stereocenters. The van der Waals surface area contributed by atoms with Gasteiger partial charge in [0.1, 0.15) is 18.9 Å². The zero-order chi connectivity index (χ0) is 18.3. The minimum Gasteiger partial charge on any atom is -0.492 e. The molecule has 1 saturated carbocycles. The van der Waals surface area contributed by atoms with E-state index in [1.807, 2.05) is 30.3 Å². The van der Waals surface area contributed by atoms with Crippen molar-refractivity contribution >= 4 is 17.7 Å². The number of likely N-dealkylation sites (tertiary alicyclic amines) is 1. The number of ether oxygens (including phenoxy) is 1. The topological polar surface area (TPSA) is 66.9 Å². The number of likely N-dealkylation sites (N-methyl/N-ethyl adjacent to an activating group) is 1. The first-order valence-electron chi connectivity index (χ1n) is 9.01. The van der Waals surface area contributed by atoms with Crippen molar-refractivity contribution in [2.75, 3.05) is 26.7 Å². The molecule has 26 heavy (non-hydrogen) atoms. The molecule has 2 bridgehead atoms. The predicted molar refractivity (Wildman–Crippen MR) is 94.0 cm³/mol. The zero-order valence-corrected chi connectivity index (χ0v) is 14.7. The lowest BCUT2D eigenvalue weighted by atomic mass is 9.85. The highest BCUT2D eigenvalue weighted by Gasteiger charge is 2.59. The predicted octanol–water partition coefficient (Wildman–Crippen LogP) is 1.33. The standard InChI is InChI=1S/C20H22N2O4/c1-21(9-10-26-15-5-3-2-4-6-15)16(23)12-22-19(24)17-13-7-8-14(11-13)18(17)20(22)25/h2-8,13-14,17-18H,9-12H2,1H3. The first-order valence-corrected chi connectivity index (χ1v) is 9.01. The molecule has 4 unspecified atom stereocenters. The Kier molecular flexibility index (Phi) is 4.26. The Morgan fingerprint density at radius 3 is 2.35 bits per heavy atom. The number of hydrogen-bond donors (Lipinski definition) is 0. The number of allylic oxidation sites excluding steroid dienone is 2. The van der Waals surface area contributed by atoms with Gasteiger partial charge in [-0.05, 0) is 30.4 Å². The fourth-order valence-electron chi connectivity index (χ4n) is 4.32. The summed E-state index contributed by atoms with van der Waals surface area (Å²) < 4.78 is 5.59. The smallest absolute Gasteiger partial charge is 0.242 e. The van der Waals surface area contributed by atoms with E-state index in [-0.39, 0.29) is 47.9 Å². The van der Waals surface area contributed by atoms with Gasteiger partial charge in [0.25, 0.3) is 0 Å². The highest BCUT2D eigenvalue weighted by Crippen LogP contribution is 2.52. The number of imide groups is 1. The van der Waals surface area contributed by atoms with Gasteiger partial charge in [-0.1, -0.05) is 30.4 Å². The van der Waals surface area contributed by atoms with E-state index in [1.54, 1.807) is 7.05 Å². The molecule has 1 heterocycles. The van der Waals surface area contributed by atoms with E-state index >= 15 is 0 Å². The molecule has 0 N–H and O–H groups in total. The molecule has 6 heteroatoms. The van der Waals surface area contributed by atoms with Gasteiger partial charge in [0.2, 0.25) is 17.7 Å². The minimum atomic E-state index is -0.253. The van der Waals surface area contributed by atoms with Crippen LogP contribution in [0.1, 0.15) is 6.42 Å². The fourth-order valence-corrected chi connectivity index (χ4v) is 4.32. The molecule has 2 fully saturated rings. The van der Waals surface area contributed by atoms with E-state index in [4.69, 9.17) is 4.74 Å². The molecule has 3 amide bonds. The summed E-state index contributed by atoms with van der Waals surface area (Å²) in [4.78, 5) is 40.3. The Bertz CT molecular complexity index is 730. The lowest BCUT2D eigenvalue weighted by molar-refractivity contribution is -0.146. The molecule has 1 aromatic rings. The van der Waals surface area contributed by atoms with Gasteiger partial charge < -0.3 is 9.64 Å². The van der Waals surface area contributed by atoms with Gasteiger partial charge in [-0.25, -0.2) is 0 Å². The van der Waals surface area contributed by atoms with E-state index in [1.165, 1.54) is 9.80 Å². The monoisotopic (exact) mass is 354 g/mol. The zero-order valence-electron chi connectivity index (χ0n) is 14.7. The molecule has 1 aromatic carbocycles. The van der Waals surface area contributed by atoms with Gasteiger partial charge in [-0.15, -0.1) is 0 Å². The summed E-state index contributed by atoms with van der Waals surface area (Å²) in [7, 11) is 1.66. The second-order valence-corrected chi connectivity index (χ2v) is 7.24. The lowest BCUT2D eigenvalue weighted by Crippen LogP contribution is -2.43.